The van der Waals surface area contributed by atoms with Gasteiger partial charge in [0.2, 0.25) is 35.4 Å². The van der Waals surface area contributed by atoms with Gasteiger partial charge in [0.1, 0.15) is 42.0 Å². The highest BCUT2D eigenvalue weighted by Crippen LogP contribution is 2.21. The van der Waals surface area contributed by atoms with E-state index < -0.39 is 101 Å². The van der Waals surface area contributed by atoms with Crippen LogP contribution in [0.1, 0.15) is 78.0 Å². The number of H-pyrrole nitrogens is 1. The third kappa shape index (κ3) is 16.8. The molecule has 1 saturated heterocycles. The summed E-state index contributed by atoms with van der Waals surface area (Å²) < 4.78 is 0. The Kier molecular flexibility index (Phi) is 21.0. The molecule has 1 fully saturated rings. The van der Waals surface area contributed by atoms with E-state index in [4.69, 9.17) is 17.2 Å². The van der Waals surface area contributed by atoms with Gasteiger partial charge in [0, 0.05) is 37.8 Å². The van der Waals surface area contributed by atoms with Gasteiger partial charge in [-0.15, -0.1) is 0 Å². The van der Waals surface area contributed by atoms with Gasteiger partial charge >= 0.3 is 5.97 Å². The Morgan fingerprint density at radius 1 is 0.910 bits per heavy atom. The van der Waals surface area contributed by atoms with Crippen molar-refractivity contribution in [3.05, 3.63) is 48.0 Å². The number of phenols is 1. The number of rotatable bonds is 26. The number of guanidine groups is 1. The molecule has 2 aromatic rings. The first-order valence-corrected chi connectivity index (χ1v) is 22.2. The molecule has 0 radical (unpaired) electrons. The van der Waals surface area contributed by atoms with Crippen molar-refractivity contribution >= 4 is 53.3 Å². The number of nitrogens with two attached hydrogens (primary N) is 3. The standard InChI is InChI=1S/C43H68N14O10/c1-7-24(4)34(40(65)66)55-37(62)31-11-9-17-57(31)39(64)30(19-26-20-48-22-50-26)53-41(67)43(5,46)56-36(61)29(18-25-12-14-27(58)15-13-25)52-38(63)33(23(2)3)54-35(60)28(51-32(59)21-47-6)10-8-16-49-42(44)45/h12-15,20,22-24,28-31,33-34,47,58H,7-11,16-19,21,46H2,1-6H3,(H,48,50)(H,51,59)(H,52,63)(H,53,67)(H,54,60)(H,55,62)(H,56,61)(H,65,66)(H4,44,45,49)/t24-,28-,29-,30-,31-,33-,34-,43-/m0/s1. The lowest BCUT2D eigenvalue weighted by Crippen LogP contribution is -2.68. The molecule has 3 rings (SSSR count). The fraction of sp³-hybridized carbons (Fsp3) is 0.581. The maximum atomic E-state index is 14.3. The number of nitrogens with one attached hydrogen (secondary N) is 8. The van der Waals surface area contributed by atoms with Crippen LogP contribution in [0.25, 0.3) is 0 Å². The first-order valence-electron chi connectivity index (χ1n) is 22.2. The van der Waals surface area contributed by atoms with Crippen LogP contribution in [-0.4, -0.2) is 147 Å². The van der Waals surface area contributed by atoms with Crippen LogP contribution in [0.2, 0.25) is 0 Å². The van der Waals surface area contributed by atoms with Crippen LogP contribution in [0, 0.1) is 11.8 Å². The zero-order chi connectivity index (χ0) is 50.0. The van der Waals surface area contributed by atoms with Gasteiger partial charge in [-0.1, -0.05) is 46.2 Å². The molecule has 24 heteroatoms. The van der Waals surface area contributed by atoms with Crippen molar-refractivity contribution in [1.82, 2.24) is 52.1 Å². The molecule has 1 aliphatic heterocycles. The quantitative estimate of drug-likeness (QED) is 0.0196. The van der Waals surface area contributed by atoms with Crippen molar-refractivity contribution in [3.63, 3.8) is 0 Å². The summed E-state index contributed by atoms with van der Waals surface area (Å²) >= 11 is 0. The van der Waals surface area contributed by atoms with E-state index in [9.17, 15) is 48.6 Å². The zero-order valence-corrected chi connectivity index (χ0v) is 38.9. The fourth-order valence-corrected chi connectivity index (χ4v) is 7.27. The molecule has 7 amide bonds. The molecule has 24 nitrogen and oxygen atoms in total. The molecule has 0 unspecified atom stereocenters. The molecule has 67 heavy (non-hydrogen) atoms. The number of carbonyl (C=O) groups is 8. The number of amides is 7. The van der Waals surface area contributed by atoms with Gasteiger partial charge in [0.15, 0.2) is 11.6 Å². The zero-order valence-electron chi connectivity index (χ0n) is 38.9. The molecular formula is C43H68N14O10. The Balaban J connectivity index is 1.87. The van der Waals surface area contributed by atoms with Crippen molar-refractivity contribution in [2.45, 2.75) is 121 Å². The van der Waals surface area contributed by atoms with Gasteiger partial charge < -0.3 is 74.5 Å². The molecule has 370 valence electrons. The van der Waals surface area contributed by atoms with Crippen molar-refractivity contribution in [2.75, 3.05) is 26.7 Å². The molecule has 1 aliphatic rings. The SMILES string of the molecule is CC[C@H](C)[C@H](NC(=O)[C@@H]1CCCN1C(=O)[C@H](Cc1cnc[nH]1)NC(=O)[C@@](C)(N)NC(=O)[C@H](Cc1ccc(O)cc1)NC(=O)[C@@H](NC(=O)[C@H](CCCN=C(N)N)NC(=O)CNC)C(C)C)C(=O)O. The Morgan fingerprint density at radius 3 is 2.18 bits per heavy atom. The monoisotopic (exact) mass is 941 g/mol. The summed E-state index contributed by atoms with van der Waals surface area (Å²) in [5.74, 6) is -7.62. The second kappa shape index (κ2) is 25.8. The molecule has 0 aliphatic carbocycles. The molecule has 0 saturated carbocycles. The molecule has 8 atom stereocenters. The van der Waals surface area contributed by atoms with E-state index in [2.05, 4.69) is 52.2 Å². The van der Waals surface area contributed by atoms with Crippen molar-refractivity contribution in [1.29, 1.82) is 0 Å². The normalized spacial score (nSPS) is 17.0. The number of aromatic hydroxyl groups is 1. The van der Waals surface area contributed by atoms with E-state index in [1.807, 2.05) is 0 Å². The number of benzene rings is 1. The first-order chi connectivity index (χ1) is 31.6. The number of hydrogen-bond acceptors (Lipinski definition) is 13. The van der Waals surface area contributed by atoms with Crippen LogP contribution >= 0.6 is 0 Å². The van der Waals surface area contributed by atoms with Gasteiger partial charge in [-0.2, -0.15) is 0 Å². The van der Waals surface area contributed by atoms with Crippen LogP contribution in [0.3, 0.4) is 0 Å². The highest BCUT2D eigenvalue weighted by Gasteiger charge is 2.42. The number of carboxylic acids is 1. The van der Waals surface area contributed by atoms with Gasteiger partial charge in [-0.3, -0.25) is 38.6 Å². The topological polar surface area (TPSA) is 384 Å². The number of likely N-dealkylation sites (N-methyl/N-ethyl adjacent to an activating group) is 1. The second-order valence-electron chi connectivity index (χ2n) is 17.2. The average Bonchev–Trinajstić information content (AvgIpc) is 3.98. The number of aromatic nitrogens is 2. The van der Waals surface area contributed by atoms with Gasteiger partial charge in [-0.05, 0) is 69.2 Å². The second-order valence-corrected chi connectivity index (χ2v) is 17.2. The predicted octanol–water partition coefficient (Wildman–Crippen LogP) is -2.83. The Labute approximate surface area is 389 Å². The lowest BCUT2D eigenvalue weighted by molar-refractivity contribution is -0.146. The Bertz CT molecular complexity index is 2040. The minimum atomic E-state index is -2.24. The summed E-state index contributed by atoms with van der Waals surface area (Å²) in [4.78, 5) is 120. The van der Waals surface area contributed by atoms with E-state index >= 15 is 0 Å². The molecule has 1 aromatic carbocycles. The van der Waals surface area contributed by atoms with Crippen molar-refractivity contribution < 1.29 is 48.6 Å². The predicted molar refractivity (Wildman–Crippen MR) is 245 cm³/mol. The van der Waals surface area contributed by atoms with E-state index in [1.165, 1.54) is 48.6 Å². The maximum absolute atomic E-state index is 14.3. The highest BCUT2D eigenvalue weighted by molar-refractivity contribution is 5.99. The average molecular weight is 941 g/mol. The van der Waals surface area contributed by atoms with E-state index in [0.717, 1.165) is 0 Å². The van der Waals surface area contributed by atoms with Crippen LogP contribution in [0.5, 0.6) is 5.75 Å². The summed E-state index contributed by atoms with van der Waals surface area (Å²) in [7, 11) is 1.56. The van der Waals surface area contributed by atoms with E-state index in [-0.39, 0.29) is 57.0 Å². The fourth-order valence-electron chi connectivity index (χ4n) is 7.27. The molecular weight excluding hydrogens is 873 g/mol. The summed E-state index contributed by atoms with van der Waals surface area (Å²) in [6, 6.07) is -1.57. The summed E-state index contributed by atoms with van der Waals surface area (Å²) in [6.07, 6.45) is 4.04. The van der Waals surface area contributed by atoms with Crippen molar-refractivity contribution in [3.8, 4) is 5.75 Å². The number of hydrogen-bond donors (Lipinski definition) is 13. The number of aliphatic imine (C=N–C) groups is 1. The number of imidazole rings is 1. The molecule has 2 heterocycles. The number of carboxylic acid groups (broad SMARTS) is 1. The smallest absolute Gasteiger partial charge is 0.326 e. The lowest BCUT2D eigenvalue weighted by atomic mass is 9.98. The lowest BCUT2D eigenvalue weighted by Gasteiger charge is -2.33. The number of phenolic OH excluding ortho intramolecular Hbond substituents is 1. The Hall–Kier alpha value is -6.82. The van der Waals surface area contributed by atoms with E-state index in [1.54, 1.807) is 34.7 Å². The number of carbonyl (C=O) groups excluding carboxylic acids is 7. The third-order valence-corrected chi connectivity index (χ3v) is 11.2. The highest BCUT2D eigenvalue weighted by atomic mass is 16.4. The number of likely N-dealkylation sites (tertiary alicyclic amines) is 1. The minimum absolute atomic E-state index is 0.0621. The van der Waals surface area contributed by atoms with Crippen LogP contribution in [0.15, 0.2) is 41.8 Å². The molecule has 0 spiro atoms. The molecule has 16 N–H and O–H groups in total. The number of nitrogens with zero attached hydrogens (tertiary/aromatic N) is 3. The first kappa shape index (κ1) is 54.5. The molecule has 0 bridgehead atoms. The summed E-state index contributed by atoms with van der Waals surface area (Å²) in [5.41, 5.74) is 16.0. The molecule has 1 aromatic heterocycles. The Morgan fingerprint density at radius 2 is 1.60 bits per heavy atom. The van der Waals surface area contributed by atoms with Crippen LogP contribution in [-0.2, 0) is 51.2 Å². The van der Waals surface area contributed by atoms with Gasteiger partial charge in [0.05, 0.1) is 12.9 Å². The largest absolute Gasteiger partial charge is 0.508 e. The van der Waals surface area contributed by atoms with Crippen LogP contribution in [0.4, 0.5) is 0 Å². The van der Waals surface area contributed by atoms with Crippen molar-refractivity contribution in [2.24, 2.45) is 34.0 Å². The van der Waals surface area contributed by atoms with Gasteiger partial charge in [-0.25, -0.2) is 9.78 Å². The third-order valence-electron chi connectivity index (χ3n) is 11.2. The number of aliphatic carboxylic acids is 1. The maximum Gasteiger partial charge on any atom is 0.326 e. The number of aromatic amines is 1. The summed E-state index contributed by atoms with van der Waals surface area (Å²) in [5, 5.41) is 38.0. The minimum Gasteiger partial charge on any atom is -0.508 e. The summed E-state index contributed by atoms with van der Waals surface area (Å²) in [6.45, 7) is 8.18. The van der Waals surface area contributed by atoms with Crippen LogP contribution < -0.4 is 54.4 Å². The van der Waals surface area contributed by atoms with Gasteiger partial charge in [0.25, 0.3) is 5.91 Å². The van der Waals surface area contributed by atoms with E-state index in [0.29, 0.717) is 30.5 Å².